The molecule has 0 aliphatic carbocycles. The quantitative estimate of drug-likeness (QED) is 0.800. The van der Waals surface area contributed by atoms with Gasteiger partial charge in [-0.05, 0) is 19.1 Å². The fourth-order valence-electron chi connectivity index (χ4n) is 1.90. The lowest BCUT2D eigenvalue weighted by molar-refractivity contribution is -0.171. The summed E-state index contributed by atoms with van der Waals surface area (Å²) < 4.78 is 37.0. The van der Waals surface area contributed by atoms with Gasteiger partial charge in [-0.1, -0.05) is 18.2 Å². The first-order valence-corrected chi connectivity index (χ1v) is 6.73. The molecule has 0 N–H and O–H groups in total. The lowest BCUT2D eigenvalue weighted by atomic mass is 10.2. The fraction of sp³-hybridized carbons (Fsp3) is 0.333. The van der Waals surface area contributed by atoms with E-state index in [2.05, 4.69) is 4.74 Å². The van der Waals surface area contributed by atoms with Gasteiger partial charge in [-0.15, -0.1) is 0 Å². The number of hydrogen-bond donors (Lipinski definition) is 0. The molecule has 0 fully saturated rings. The molecule has 2 rings (SSSR count). The van der Waals surface area contributed by atoms with Crippen LogP contribution in [-0.2, 0) is 14.3 Å². The van der Waals surface area contributed by atoms with Crippen LogP contribution < -0.4 is 0 Å². The van der Waals surface area contributed by atoms with Gasteiger partial charge < -0.3 is 14.4 Å². The van der Waals surface area contributed by atoms with Gasteiger partial charge >= 0.3 is 11.9 Å². The minimum absolute atomic E-state index is 0.121. The molecular formula is C15H15F2NO4. The third kappa shape index (κ3) is 3.24. The van der Waals surface area contributed by atoms with E-state index in [-0.39, 0.29) is 19.8 Å². The van der Waals surface area contributed by atoms with Crippen molar-refractivity contribution in [3.05, 3.63) is 47.9 Å². The molecule has 22 heavy (non-hydrogen) atoms. The maximum atomic E-state index is 13.9. The first-order chi connectivity index (χ1) is 10.5. The third-order valence-corrected chi connectivity index (χ3v) is 2.99. The van der Waals surface area contributed by atoms with E-state index in [4.69, 9.17) is 4.74 Å². The Bertz CT molecular complexity index is 586. The average Bonchev–Trinajstić information content (AvgIpc) is 2.55. The van der Waals surface area contributed by atoms with Crippen LogP contribution in [-0.4, -0.2) is 42.5 Å². The van der Waals surface area contributed by atoms with E-state index in [1.165, 1.54) is 6.92 Å². The van der Waals surface area contributed by atoms with Crippen molar-refractivity contribution in [2.45, 2.75) is 12.8 Å². The van der Waals surface area contributed by atoms with Crippen LogP contribution in [0.2, 0.25) is 0 Å². The van der Waals surface area contributed by atoms with Gasteiger partial charge in [-0.2, -0.15) is 8.78 Å². The SMILES string of the molecule is CCOC(=O)C(F)(F)C1=CN(C(=O)c2ccccc2)CCO1. The Balaban J connectivity index is 2.22. The van der Waals surface area contributed by atoms with Gasteiger partial charge in [-0.25, -0.2) is 4.79 Å². The van der Waals surface area contributed by atoms with Crippen molar-refractivity contribution in [3.8, 4) is 0 Å². The highest BCUT2D eigenvalue weighted by molar-refractivity contribution is 5.95. The largest absolute Gasteiger partial charge is 0.488 e. The van der Waals surface area contributed by atoms with Gasteiger partial charge in [0.15, 0.2) is 5.76 Å². The zero-order valence-corrected chi connectivity index (χ0v) is 11.9. The molecule has 0 radical (unpaired) electrons. The van der Waals surface area contributed by atoms with E-state index in [0.717, 1.165) is 11.1 Å². The van der Waals surface area contributed by atoms with Gasteiger partial charge in [0.1, 0.15) is 6.61 Å². The topological polar surface area (TPSA) is 55.8 Å². The Morgan fingerprint density at radius 3 is 2.64 bits per heavy atom. The monoisotopic (exact) mass is 311 g/mol. The molecular weight excluding hydrogens is 296 g/mol. The number of nitrogens with zero attached hydrogens (tertiary/aromatic N) is 1. The second kappa shape index (κ2) is 6.55. The van der Waals surface area contributed by atoms with Crippen molar-refractivity contribution in [1.82, 2.24) is 4.90 Å². The highest BCUT2D eigenvalue weighted by Crippen LogP contribution is 2.29. The molecule has 1 aliphatic rings. The fourth-order valence-corrected chi connectivity index (χ4v) is 1.90. The second-order valence-electron chi connectivity index (χ2n) is 4.50. The number of alkyl halides is 2. The van der Waals surface area contributed by atoms with E-state index in [1.54, 1.807) is 30.3 Å². The van der Waals surface area contributed by atoms with Crippen LogP contribution in [0, 0.1) is 0 Å². The van der Waals surface area contributed by atoms with Crippen LogP contribution in [0.1, 0.15) is 17.3 Å². The Morgan fingerprint density at radius 2 is 2.00 bits per heavy atom. The van der Waals surface area contributed by atoms with Crippen molar-refractivity contribution in [3.63, 3.8) is 0 Å². The number of carbonyl (C=O) groups excluding carboxylic acids is 2. The molecule has 7 heteroatoms. The van der Waals surface area contributed by atoms with Crippen LogP contribution in [0.15, 0.2) is 42.3 Å². The van der Waals surface area contributed by atoms with Gasteiger partial charge in [-0.3, -0.25) is 4.79 Å². The first-order valence-electron chi connectivity index (χ1n) is 6.73. The van der Waals surface area contributed by atoms with E-state index in [9.17, 15) is 18.4 Å². The molecule has 0 bridgehead atoms. The molecule has 0 atom stereocenters. The lowest BCUT2D eigenvalue weighted by Gasteiger charge is -2.28. The molecule has 1 aliphatic heterocycles. The molecule has 0 unspecified atom stereocenters. The molecule has 0 saturated heterocycles. The van der Waals surface area contributed by atoms with Gasteiger partial charge in [0, 0.05) is 5.56 Å². The zero-order valence-electron chi connectivity index (χ0n) is 11.9. The van der Waals surface area contributed by atoms with Gasteiger partial charge in [0.05, 0.1) is 19.4 Å². The standard InChI is InChI=1S/C15H15F2NO4/c1-2-21-14(20)15(16,17)12-10-18(8-9-22-12)13(19)11-6-4-3-5-7-11/h3-7,10H,2,8-9H2,1H3. The summed E-state index contributed by atoms with van der Waals surface area (Å²) >= 11 is 0. The molecule has 5 nitrogen and oxygen atoms in total. The van der Waals surface area contributed by atoms with Crippen molar-refractivity contribution < 1.29 is 27.8 Å². The van der Waals surface area contributed by atoms with Gasteiger partial charge in [0.2, 0.25) is 0 Å². The highest BCUT2D eigenvalue weighted by Gasteiger charge is 2.48. The van der Waals surface area contributed by atoms with Crippen molar-refractivity contribution in [2.24, 2.45) is 0 Å². The van der Waals surface area contributed by atoms with Crippen LogP contribution in [0.3, 0.4) is 0 Å². The molecule has 0 spiro atoms. The summed E-state index contributed by atoms with van der Waals surface area (Å²) in [7, 11) is 0. The maximum Gasteiger partial charge on any atom is 0.400 e. The summed E-state index contributed by atoms with van der Waals surface area (Å²) in [5, 5.41) is 0. The van der Waals surface area contributed by atoms with Crippen LogP contribution in [0.25, 0.3) is 0 Å². The summed E-state index contributed by atoms with van der Waals surface area (Å²) in [6.45, 7) is 1.25. The number of halogens is 2. The predicted octanol–water partition coefficient (Wildman–Crippen LogP) is 2.20. The van der Waals surface area contributed by atoms with E-state index in [0.29, 0.717) is 5.56 Å². The van der Waals surface area contributed by atoms with E-state index < -0.39 is 23.6 Å². The summed E-state index contributed by atoms with van der Waals surface area (Å²) in [5.41, 5.74) is 0.361. The highest BCUT2D eigenvalue weighted by atomic mass is 19.3. The van der Waals surface area contributed by atoms with Gasteiger partial charge in [0.25, 0.3) is 5.91 Å². The van der Waals surface area contributed by atoms with Crippen molar-refractivity contribution in [1.29, 1.82) is 0 Å². The normalized spacial score (nSPS) is 14.9. The number of benzene rings is 1. The minimum Gasteiger partial charge on any atom is -0.488 e. The number of rotatable bonds is 4. The summed E-state index contributed by atoms with van der Waals surface area (Å²) in [5.74, 6) is -6.95. The second-order valence-corrected chi connectivity index (χ2v) is 4.50. The number of hydrogen-bond acceptors (Lipinski definition) is 4. The van der Waals surface area contributed by atoms with Crippen LogP contribution in [0.5, 0.6) is 0 Å². The first kappa shape index (κ1) is 15.9. The molecule has 1 amide bonds. The van der Waals surface area contributed by atoms with Crippen LogP contribution in [0.4, 0.5) is 8.78 Å². The van der Waals surface area contributed by atoms with Crippen molar-refractivity contribution >= 4 is 11.9 Å². The summed E-state index contributed by atoms with van der Waals surface area (Å²) in [4.78, 5) is 24.6. The molecule has 1 aromatic carbocycles. The minimum atomic E-state index is -3.92. The van der Waals surface area contributed by atoms with E-state index >= 15 is 0 Å². The Labute approximate surface area is 126 Å². The zero-order chi connectivity index (χ0) is 16.2. The number of carbonyl (C=O) groups is 2. The molecule has 1 aromatic rings. The molecule has 1 heterocycles. The lowest BCUT2D eigenvalue weighted by Crippen LogP contribution is -2.41. The smallest absolute Gasteiger partial charge is 0.400 e. The summed E-state index contributed by atoms with van der Waals surface area (Å²) in [6, 6.07) is 8.24. The predicted molar refractivity (Wildman–Crippen MR) is 73.1 cm³/mol. The molecule has 0 saturated carbocycles. The Kier molecular flexibility index (Phi) is 4.75. The maximum absolute atomic E-state index is 13.9. The number of ether oxygens (including phenoxy) is 2. The Morgan fingerprint density at radius 1 is 1.32 bits per heavy atom. The number of amides is 1. The third-order valence-electron chi connectivity index (χ3n) is 2.99. The summed E-state index contributed by atoms with van der Waals surface area (Å²) in [6.07, 6.45) is 0.857. The molecule has 0 aromatic heterocycles. The Hall–Kier alpha value is -2.44. The average molecular weight is 311 g/mol. The van der Waals surface area contributed by atoms with E-state index in [1.807, 2.05) is 0 Å². The van der Waals surface area contributed by atoms with Crippen LogP contribution >= 0.6 is 0 Å². The number of esters is 1. The van der Waals surface area contributed by atoms with Crippen molar-refractivity contribution in [2.75, 3.05) is 19.8 Å². The molecule has 118 valence electrons.